The fourth-order valence-corrected chi connectivity index (χ4v) is 2.67. The monoisotopic (exact) mass is 338 g/mol. The van der Waals surface area contributed by atoms with E-state index in [0.29, 0.717) is 0 Å². The van der Waals surface area contributed by atoms with Crippen LogP contribution >= 0.6 is 0 Å². The Bertz CT molecular complexity index is 917. The summed E-state index contributed by atoms with van der Waals surface area (Å²) in [6.45, 7) is 4.05. The summed E-state index contributed by atoms with van der Waals surface area (Å²) in [7, 11) is 0. The fourth-order valence-electron chi connectivity index (χ4n) is 2.67. The van der Waals surface area contributed by atoms with Crippen molar-refractivity contribution < 1.29 is 0 Å². The van der Waals surface area contributed by atoms with Crippen LogP contribution in [0.4, 0.5) is 0 Å². The minimum Gasteiger partial charge on any atom is -0.254 e. The Morgan fingerprint density at radius 3 is 1.04 bits per heavy atom. The lowest BCUT2D eigenvalue weighted by atomic mass is 10.1. The molecule has 4 nitrogen and oxygen atoms in total. The molecule has 0 aliphatic rings. The Hall–Kier alpha value is -3.40. The molecule has 26 heavy (non-hydrogen) atoms. The summed E-state index contributed by atoms with van der Waals surface area (Å²) in [6, 6.07) is 16.1. The van der Waals surface area contributed by atoms with Gasteiger partial charge >= 0.3 is 0 Å². The van der Waals surface area contributed by atoms with Gasteiger partial charge in [0, 0.05) is 35.9 Å². The molecule has 0 bridgehead atoms. The Labute approximate surface area is 152 Å². The second-order valence-corrected chi connectivity index (χ2v) is 6.31. The zero-order valence-electron chi connectivity index (χ0n) is 14.7. The highest BCUT2D eigenvalue weighted by Crippen LogP contribution is 2.23. The highest BCUT2D eigenvalue weighted by molar-refractivity contribution is 5.67. The first kappa shape index (κ1) is 16.1. The summed E-state index contributed by atoms with van der Waals surface area (Å²) in [6.07, 6.45) is 7.43. The van der Waals surface area contributed by atoms with Crippen molar-refractivity contribution in [2.24, 2.45) is 0 Å². The predicted octanol–water partition coefficient (Wildman–Crippen LogP) is 4.88. The number of aryl methyl sites for hydroxylation is 2. The maximum atomic E-state index is 4.54. The molecule has 4 aromatic heterocycles. The summed E-state index contributed by atoms with van der Waals surface area (Å²) >= 11 is 0. The van der Waals surface area contributed by atoms with Crippen molar-refractivity contribution in [2.45, 2.75) is 13.8 Å². The molecule has 0 aromatic carbocycles. The molecule has 0 radical (unpaired) electrons. The van der Waals surface area contributed by atoms with E-state index in [0.717, 1.165) is 45.0 Å². The van der Waals surface area contributed by atoms with Crippen LogP contribution in [0.15, 0.2) is 73.3 Å². The molecule has 4 heteroatoms. The van der Waals surface area contributed by atoms with Gasteiger partial charge < -0.3 is 0 Å². The second-order valence-electron chi connectivity index (χ2n) is 6.31. The smallest absolute Gasteiger partial charge is 0.0886 e. The van der Waals surface area contributed by atoms with Gasteiger partial charge in [0.05, 0.1) is 22.8 Å². The highest BCUT2D eigenvalue weighted by atomic mass is 14.8. The first-order valence-electron chi connectivity index (χ1n) is 8.47. The molecule has 0 aliphatic heterocycles. The van der Waals surface area contributed by atoms with Crippen LogP contribution in [-0.4, -0.2) is 19.9 Å². The lowest BCUT2D eigenvalue weighted by molar-refractivity contribution is 1.21. The molecular formula is C22H18N4. The van der Waals surface area contributed by atoms with Crippen LogP contribution in [0.3, 0.4) is 0 Å². The lowest BCUT2D eigenvalue weighted by Gasteiger charge is -2.05. The second kappa shape index (κ2) is 6.84. The molecule has 4 heterocycles. The van der Waals surface area contributed by atoms with Crippen LogP contribution in [0.5, 0.6) is 0 Å². The Balaban J connectivity index is 1.57. The van der Waals surface area contributed by atoms with Gasteiger partial charge in [-0.05, 0) is 49.2 Å². The van der Waals surface area contributed by atoms with Crippen molar-refractivity contribution in [3.63, 3.8) is 0 Å². The molecule has 0 amide bonds. The van der Waals surface area contributed by atoms with Crippen molar-refractivity contribution in [1.29, 1.82) is 0 Å². The molecule has 0 spiro atoms. The molecule has 126 valence electrons. The molecule has 4 rings (SSSR count). The molecule has 0 aliphatic carbocycles. The van der Waals surface area contributed by atoms with E-state index in [2.05, 4.69) is 19.9 Å². The van der Waals surface area contributed by atoms with Crippen LogP contribution in [0.1, 0.15) is 11.1 Å². The van der Waals surface area contributed by atoms with Gasteiger partial charge in [-0.2, -0.15) is 0 Å². The van der Waals surface area contributed by atoms with Crippen LogP contribution < -0.4 is 0 Å². The van der Waals surface area contributed by atoms with Gasteiger partial charge in [-0.25, -0.2) is 0 Å². The summed E-state index contributed by atoms with van der Waals surface area (Å²) in [5.74, 6) is 0. The Morgan fingerprint density at radius 1 is 0.423 bits per heavy atom. The van der Waals surface area contributed by atoms with E-state index < -0.39 is 0 Å². The average molecular weight is 338 g/mol. The van der Waals surface area contributed by atoms with Gasteiger partial charge in [0.15, 0.2) is 0 Å². The van der Waals surface area contributed by atoms with Gasteiger partial charge in [-0.1, -0.05) is 24.3 Å². The summed E-state index contributed by atoms with van der Waals surface area (Å²) in [4.78, 5) is 17.9. The van der Waals surface area contributed by atoms with Crippen molar-refractivity contribution >= 4 is 0 Å². The number of nitrogens with zero attached hydrogens (tertiary/aromatic N) is 4. The van der Waals surface area contributed by atoms with Crippen molar-refractivity contribution in [1.82, 2.24) is 19.9 Å². The van der Waals surface area contributed by atoms with Crippen molar-refractivity contribution in [3.8, 4) is 33.9 Å². The average Bonchev–Trinajstić information content (AvgIpc) is 2.70. The number of hydrogen-bond acceptors (Lipinski definition) is 4. The normalized spacial score (nSPS) is 10.7. The van der Waals surface area contributed by atoms with E-state index in [1.165, 1.54) is 0 Å². The molecule has 0 saturated heterocycles. The highest BCUT2D eigenvalue weighted by Gasteiger charge is 2.05. The van der Waals surface area contributed by atoms with Gasteiger partial charge in [0.25, 0.3) is 0 Å². The van der Waals surface area contributed by atoms with Gasteiger partial charge in [0.1, 0.15) is 0 Å². The Morgan fingerprint density at radius 2 is 0.769 bits per heavy atom. The summed E-state index contributed by atoms with van der Waals surface area (Å²) in [5, 5.41) is 0. The number of hydrogen-bond donors (Lipinski definition) is 0. The van der Waals surface area contributed by atoms with E-state index in [-0.39, 0.29) is 0 Å². The van der Waals surface area contributed by atoms with E-state index in [4.69, 9.17) is 0 Å². The first-order chi connectivity index (χ1) is 12.7. The van der Waals surface area contributed by atoms with Crippen LogP contribution in [0, 0.1) is 13.8 Å². The third-order valence-electron chi connectivity index (χ3n) is 4.21. The van der Waals surface area contributed by atoms with Gasteiger partial charge in [-0.15, -0.1) is 0 Å². The van der Waals surface area contributed by atoms with Crippen molar-refractivity contribution in [3.05, 3.63) is 84.4 Å². The van der Waals surface area contributed by atoms with E-state index in [1.54, 1.807) is 0 Å². The van der Waals surface area contributed by atoms with E-state index in [9.17, 15) is 0 Å². The third kappa shape index (κ3) is 3.35. The molecule has 0 N–H and O–H groups in total. The fraction of sp³-hybridized carbons (Fsp3) is 0.0909. The van der Waals surface area contributed by atoms with Crippen LogP contribution in [0.25, 0.3) is 33.9 Å². The van der Waals surface area contributed by atoms with E-state index in [1.807, 2.05) is 87.2 Å². The quantitative estimate of drug-likeness (QED) is 0.534. The zero-order valence-corrected chi connectivity index (χ0v) is 14.7. The summed E-state index contributed by atoms with van der Waals surface area (Å²) < 4.78 is 0. The minimum atomic E-state index is 0.863. The molecule has 0 fully saturated rings. The maximum Gasteiger partial charge on any atom is 0.0886 e. The van der Waals surface area contributed by atoms with Gasteiger partial charge in [0.2, 0.25) is 0 Å². The zero-order chi connectivity index (χ0) is 17.9. The van der Waals surface area contributed by atoms with Gasteiger partial charge in [-0.3, -0.25) is 19.9 Å². The topological polar surface area (TPSA) is 51.6 Å². The van der Waals surface area contributed by atoms with E-state index >= 15 is 0 Å². The Kier molecular flexibility index (Phi) is 4.23. The number of aromatic nitrogens is 4. The van der Waals surface area contributed by atoms with Crippen LogP contribution in [-0.2, 0) is 0 Å². The molecule has 0 atom stereocenters. The lowest BCUT2D eigenvalue weighted by Crippen LogP contribution is -1.90. The summed E-state index contributed by atoms with van der Waals surface area (Å²) in [5.41, 5.74) is 7.80. The molecule has 0 unspecified atom stereocenters. The first-order valence-corrected chi connectivity index (χ1v) is 8.47. The predicted molar refractivity (Wildman–Crippen MR) is 103 cm³/mol. The molecule has 0 saturated carbocycles. The maximum absolute atomic E-state index is 4.54. The molecule has 4 aromatic rings. The molecular weight excluding hydrogens is 320 g/mol. The third-order valence-corrected chi connectivity index (χ3v) is 4.21. The largest absolute Gasteiger partial charge is 0.254 e. The van der Waals surface area contributed by atoms with Crippen LogP contribution in [0.2, 0.25) is 0 Å². The van der Waals surface area contributed by atoms with Crippen molar-refractivity contribution in [2.75, 3.05) is 0 Å². The standard InChI is InChI=1S/C22H18N4/c1-15-3-7-19(23-11-15)21-9-5-17(13-25-21)18-6-10-22(26-14-18)20-8-4-16(2)12-24-20/h3-14H,1-2H3. The number of pyridine rings is 4. The number of rotatable bonds is 3. The SMILES string of the molecule is Cc1ccc(-c2ccc(-c3ccc(-c4ccc(C)cn4)nc3)cn2)nc1. The minimum absolute atomic E-state index is 0.863.